The fourth-order valence-corrected chi connectivity index (χ4v) is 2.89. The van der Waals surface area contributed by atoms with Crippen molar-refractivity contribution in [2.24, 2.45) is 0 Å². The molecule has 6 nitrogen and oxygen atoms in total. The molecule has 0 bridgehead atoms. The number of carbonyl (C=O) groups excluding carboxylic acids is 1. The Kier molecular flexibility index (Phi) is 4.73. The SMILES string of the molecule is CCn1ccnc1[C@H]1OCC[C@@H]1NC(=O)[C@H](O)c1ccccc1. The van der Waals surface area contributed by atoms with E-state index in [1.165, 1.54) is 0 Å². The first-order valence-corrected chi connectivity index (χ1v) is 7.86. The van der Waals surface area contributed by atoms with Crippen LogP contribution in [0.1, 0.15) is 36.9 Å². The largest absolute Gasteiger partial charge is 0.378 e. The predicted octanol–water partition coefficient (Wildman–Crippen LogP) is 1.58. The summed E-state index contributed by atoms with van der Waals surface area (Å²) >= 11 is 0. The van der Waals surface area contributed by atoms with Crippen LogP contribution in [0.3, 0.4) is 0 Å². The number of hydrogen-bond acceptors (Lipinski definition) is 4. The summed E-state index contributed by atoms with van der Waals surface area (Å²) in [6, 6.07) is 8.72. The highest BCUT2D eigenvalue weighted by Crippen LogP contribution is 2.28. The van der Waals surface area contributed by atoms with Crippen LogP contribution in [0.2, 0.25) is 0 Å². The maximum atomic E-state index is 12.3. The number of aryl methyl sites for hydroxylation is 1. The van der Waals surface area contributed by atoms with Gasteiger partial charge < -0.3 is 19.7 Å². The topological polar surface area (TPSA) is 76.4 Å². The minimum absolute atomic E-state index is 0.187. The zero-order chi connectivity index (χ0) is 16.2. The van der Waals surface area contributed by atoms with Gasteiger partial charge in [-0.1, -0.05) is 30.3 Å². The Bertz CT molecular complexity index is 656. The molecule has 23 heavy (non-hydrogen) atoms. The van der Waals surface area contributed by atoms with Gasteiger partial charge >= 0.3 is 0 Å². The monoisotopic (exact) mass is 315 g/mol. The summed E-state index contributed by atoms with van der Waals surface area (Å²) in [5, 5.41) is 13.1. The Morgan fingerprint density at radius 2 is 2.26 bits per heavy atom. The number of benzene rings is 1. The molecule has 1 aliphatic rings. The third-order valence-electron chi connectivity index (χ3n) is 4.13. The van der Waals surface area contributed by atoms with Crippen molar-refractivity contribution in [2.75, 3.05) is 6.61 Å². The highest BCUT2D eigenvalue weighted by molar-refractivity contribution is 5.82. The molecule has 1 saturated heterocycles. The summed E-state index contributed by atoms with van der Waals surface area (Å²) in [6.07, 6.45) is 2.88. The Balaban J connectivity index is 1.70. The molecule has 2 N–H and O–H groups in total. The Hall–Kier alpha value is -2.18. The van der Waals surface area contributed by atoms with E-state index in [0.29, 0.717) is 18.6 Å². The minimum atomic E-state index is -1.18. The van der Waals surface area contributed by atoms with E-state index < -0.39 is 12.0 Å². The molecule has 6 heteroatoms. The highest BCUT2D eigenvalue weighted by atomic mass is 16.5. The summed E-state index contributed by atoms with van der Waals surface area (Å²) in [5.74, 6) is 0.399. The molecule has 1 amide bonds. The molecule has 1 aliphatic heterocycles. The lowest BCUT2D eigenvalue weighted by atomic mass is 10.1. The van der Waals surface area contributed by atoms with Gasteiger partial charge in [0.25, 0.3) is 5.91 Å². The maximum Gasteiger partial charge on any atom is 0.253 e. The molecule has 2 heterocycles. The lowest BCUT2D eigenvalue weighted by Gasteiger charge is -2.21. The van der Waals surface area contributed by atoms with Gasteiger partial charge in [0, 0.05) is 25.5 Å². The number of nitrogens with zero attached hydrogens (tertiary/aromatic N) is 2. The number of hydrogen-bond donors (Lipinski definition) is 2. The van der Waals surface area contributed by atoms with Crippen molar-refractivity contribution < 1.29 is 14.6 Å². The van der Waals surface area contributed by atoms with Crippen LogP contribution < -0.4 is 5.32 Å². The molecule has 3 atom stereocenters. The maximum absolute atomic E-state index is 12.3. The van der Waals surface area contributed by atoms with Gasteiger partial charge in [-0.05, 0) is 18.9 Å². The summed E-state index contributed by atoms with van der Waals surface area (Å²) < 4.78 is 7.76. The van der Waals surface area contributed by atoms with Gasteiger partial charge in [-0.2, -0.15) is 0 Å². The van der Waals surface area contributed by atoms with Crippen molar-refractivity contribution in [1.29, 1.82) is 0 Å². The van der Waals surface area contributed by atoms with E-state index in [9.17, 15) is 9.90 Å². The van der Waals surface area contributed by atoms with Gasteiger partial charge in [0.2, 0.25) is 0 Å². The van der Waals surface area contributed by atoms with Gasteiger partial charge in [-0.3, -0.25) is 4.79 Å². The predicted molar refractivity (Wildman–Crippen MR) is 84.5 cm³/mol. The molecule has 1 aromatic carbocycles. The normalized spacial score (nSPS) is 22.0. The Morgan fingerprint density at radius 3 is 3.00 bits per heavy atom. The standard InChI is InChI=1S/C17H21N3O3/c1-2-20-10-9-18-16(20)15-13(8-11-23-15)19-17(22)14(21)12-6-4-3-5-7-12/h3-7,9-10,13-15,21H,2,8,11H2,1H3,(H,19,22)/t13-,14+,15-/m0/s1. The van der Waals surface area contributed by atoms with Crippen molar-refractivity contribution in [3.63, 3.8) is 0 Å². The molecule has 1 fully saturated rings. The van der Waals surface area contributed by atoms with Crippen molar-refractivity contribution in [1.82, 2.24) is 14.9 Å². The Labute approximate surface area is 135 Å². The van der Waals surface area contributed by atoms with Crippen LogP contribution in [-0.4, -0.2) is 33.2 Å². The van der Waals surface area contributed by atoms with Crippen LogP contribution in [0.25, 0.3) is 0 Å². The van der Waals surface area contributed by atoms with Gasteiger partial charge in [-0.15, -0.1) is 0 Å². The lowest BCUT2D eigenvalue weighted by Crippen LogP contribution is -2.40. The van der Waals surface area contributed by atoms with Crippen molar-refractivity contribution in [2.45, 2.75) is 38.1 Å². The van der Waals surface area contributed by atoms with Crippen LogP contribution >= 0.6 is 0 Å². The first kappa shape index (κ1) is 15.7. The summed E-state index contributed by atoms with van der Waals surface area (Å²) in [5.41, 5.74) is 0.579. The number of imidazole rings is 1. The number of carbonyl (C=O) groups is 1. The zero-order valence-corrected chi connectivity index (χ0v) is 13.1. The van der Waals surface area contributed by atoms with E-state index >= 15 is 0 Å². The summed E-state index contributed by atoms with van der Waals surface area (Å²) in [6.45, 7) is 3.39. The third-order valence-corrected chi connectivity index (χ3v) is 4.13. The highest BCUT2D eigenvalue weighted by Gasteiger charge is 2.35. The minimum Gasteiger partial charge on any atom is -0.378 e. The van der Waals surface area contributed by atoms with Crippen molar-refractivity contribution in [3.8, 4) is 0 Å². The molecular formula is C17H21N3O3. The Morgan fingerprint density at radius 1 is 1.48 bits per heavy atom. The molecule has 3 rings (SSSR count). The number of rotatable bonds is 5. The zero-order valence-electron chi connectivity index (χ0n) is 13.1. The number of aliphatic hydroxyl groups excluding tert-OH is 1. The fraction of sp³-hybridized carbons (Fsp3) is 0.412. The quantitative estimate of drug-likeness (QED) is 0.878. The van der Waals surface area contributed by atoms with Crippen LogP contribution in [0.15, 0.2) is 42.7 Å². The molecule has 0 radical (unpaired) electrons. The lowest BCUT2D eigenvalue weighted by molar-refractivity contribution is -0.130. The summed E-state index contributed by atoms with van der Waals surface area (Å²) in [7, 11) is 0. The molecule has 122 valence electrons. The van der Waals surface area contributed by atoms with Gasteiger partial charge in [0.15, 0.2) is 6.10 Å². The van der Waals surface area contributed by atoms with Crippen molar-refractivity contribution >= 4 is 5.91 Å². The van der Waals surface area contributed by atoms with E-state index in [4.69, 9.17) is 4.74 Å². The van der Waals surface area contributed by atoms with E-state index in [-0.39, 0.29) is 12.1 Å². The van der Waals surface area contributed by atoms with Crippen LogP contribution in [-0.2, 0) is 16.1 Å². The number of aliphatic hydroxyl groups is 1. The van der Waals surface area contributed by atoms with Crippen LogP contribution in [0.5, 0.6) is 0 Å². The van der Waals surface area contributed by atoms with Crippen LogP contribution in [0.4, 0.5) is 0 Å². The van der Waals surface area contributed by atoms with E-state index in [1.54, 1.807) is 30.5 Å². The second kappa shape index (κ2) is 6.93. The average molecular weight is 315 g/mol. The molecule has 0 aliphatic carbocycles. The number of nitrogens with one attached hydrogen (secondary N) is 1. The average Bonchev–Trinajstić information content (AvgIpc) is 3.23. The molecule has 2 aromatic rings. The second-order valence-electron chi connectivity index (χ2n) is 5.58. The van der Waals surface area contributed by atoms with Gasteiger partial charge in [0.1, 0.15) is 11.9 Å². The fourth-order valence-electron chi connectivity index (χ4n) is 2.89. The van der Waals surface area contributed by atoms with E-state index in [1.807, 2.05) is 23.8 Å². The van der Waals surface area contributed by atoms with E-state index in [0.717, 1.165) is 12.4 Å². The smallest absolute Gasteiger partial charge is 0.253 e. The van der Waals surface area contributed by atoms with Gasteiger partial charge in [0.05, 0.1) is 6.04 Å². The molecule has 0 spiro atoms. The number of aromatic nitrogens is 2. The molecule has 0 saturated carbocycles. The second-order valence-corrected chi connectivity index (χ2v) is 5.58. The van der Waals surface area contributed by atoms with Crippen LogP contribution in [0, 0.1) is 0 Å². The number of amides is 1. The van der Waals surface area contributed by atoms with Crippen molar-refractivity contribution in [3.05, 3.63) is 54.1 Å². The first-order valence-electron chi connectivity index (χ1n) is 7.86. The first-order chi connectivity index (χ1) is 11.2. The molecular weight excluding hydrogens is 294 g/mol. The molecule has 0 unspecified atom stereocenters. The van der Waals surface area contributed by atoms with E-state index in [2.05, 4.69) is 10.3 Å². The van der Waals surface area contributed by atoms with Gasteiger partial charge in [-0.25, -0.2) is 4.98 Å². The third kappa shape index (κ3) is 3.28. The number of ether oxygens (including phenoxy) is 1. The summed E-state index contributed by atoms with van der Waals surface area (Å²) in [4.78, 5) is 16.7. The molecule has 1 aromatic heterocycles.